The van der Waals surface area contributed by atoms with E-state index >= 15 is 0 Å². The van der Waals surface area contributed by atoms with Gasteiger partial charge in [-0.25, -0.2) is 0 Å². The largest absolute Gasteiger partial charge is 0.253 e. The molecule has 0 amide bonds. The highest BCUT2D eigenvalue weighted by atomic mass is 14.8. The lowest BCUT2D eigenvalue weighted by molar-refractivity contribution is 0.411. The first kappa shape index (κ1) is 10.1. The Kier molecular flexibility index (Phi) is 2.55. The van der Waals surface area contributed by atoms with Crippen molar-refractivity contribution in [2.45, 2.75) is 45.4 Å². The number of aliphatic imine (C=N–C) groups is 1. The Morgan fingerprint density at radius 3 is 2.81 bits per heavy atom. The standard InChI is InChI=1S/C15H19N/c1-11-15(12-7-3-2-4-8-12)13-9-5-6-10-14(13)16-11/h5,9-10,12H,2-4,6-8H2,1H3. The summed E-state index contributed by atoms with van der Waals surface area (Å²) in [5.74, 6) is 0.779. The molecule has 1 fully saturated rings. The summed E-state index contributed by atoms with van der Waals surface area (Å²) in [4.78, 5) is 4.72. The van der Waals surface area contributed by atoms with Crippen molar-refractivity contribution in [2.75, 3.05) is 0 Å². The average molecular weight is 213 g/mol. The van der Waals surface area contributed by atoms with Crippen LogP contribution >= 0.6 is 0 Å². The third-order valence-electron chi connectivity index (χ3n) is 3.99. The van der Waals surface area contributed by atoms with Gasteiger partial charge in [-0.15, -0.1) is 0 Å². The van der Waals surface area contributed by atoms with Crippen LogP contribution in [-0.2, 0) is 0 Å². The summed E-state index contributed by atoms with van der Waals surface area (Å²) < 4.78 is 0. The zero-order chi connectivity index (χ0) is 11.0. The van der Waals surface area contributed by atoms with E-state index in [2.05, 4.69) is 25.2 Å². The molecule has 0 atom stereocenters. The van der Waals surface area contributed by atoms with Crippen LogP contribution in [0.4, 0.5) is 0 Å². The third kappa shape index (κ3) is 1.59. The topological polar surface area (TPSA) is 12.4 Å². The summed E-state index contributed by atoms with van der Waals surface area (Å²) in [5, 5.41) is 0. The molecule has 0 N–H and O–H groups in total. The molecule has 3 rings (SSSR count). The van der Waals surface area contributed by atoms with Crippen LogP contribution in [0.2, 0.25) is 0 Å². The van der Waals surface area contributed by atoms with Crippen molar-refractivity contribution >= 4 is 5.71 Å². The van der Waals surface area contributed by atoms with Gasteiger partial charge in [0.25, 0.3) is 0 Å². The van der Waals surface area contributed by atoms with Crippen molar-refractivity contribution < 1.29 is 0 Å². The van der Waals surface area contributed by atoms with Crippen LogP contribution in [0.15, 0.2) is 40.1 Å². The molecule has 1 saturated carbocycles. The van der Waals surface area contributed by atoms with E-state index in [1.807, 2.05) is 0 Å². The van der Waals surface area contributed by atoms with E-state index in [0.29, 0.717) is 0 Å². The smallest absolute Gasteiger partial charge is 0.0672 e. The lowest BCUT2D eigenvalue weighted by atomic mass is 9.80. The molecule has 0 aromatic rings. The van der Waals surface area contributed by atoms with Gasteiger partial charge in [0.15, 0.2) is 0 Å². The predicted molar refractivity (Wildman–Crippen MR) is 68.6 cm³/mol. The number of hydrogen-bond acceptors (Lipinski definition) is 1. The van der Waals surface area contributed by atoms with Gasteiger partial charge in [-0.3, -0.25) is 4.99 Å². The zero-order valence-corrected chi connectivity index (χ0v) is 10.00. The molecule has 16 heavy (non-hydrogen) atoms. The van der Waals surface area contributed by atoms with Crippen molar-refractivity contribution in [3.8, 4) is 0 Å². The first-order chi connectivity index (χ1) is 7.86. The van der Waals surface area contributed by atoms with E-state index in [-0.39, 0.29) is 0 Å². The van der Waals surface area contributed by atoms with Gasteiger partial charge in [-0.05, 0) is 37.7 Å². The number of nitrogens with zero attached hydrogens (tertiary/aromatic N) is 1. The van der Waals surface area contributed by atoms with Gasteiger partial charge in [-0.2, -0.15) is 0 Å². The van der Waals surface area contributed by atoms with Crippen LogP contribution in [0, 0.1) is 5.92 Å². The van der Waals surface area contributed by atoms with Crippen LogP contribution in [-0.4, -0.2) is 5.71 Å². The molecule has 0 radical (unpaired) electrons. The highest BCUT2D eigenvalue weighted by Crippen LogP contribution is 2.39. The van der Waals surface area contributed by atoms with Gasteiger partial charge in [0.1, 0.15) is 0 Å². The summed E-state index contributed by atoms with van der Waals surface area (Å²) in [7, 11) is 0. The molecule has 0 bridgehead atoms. The summed E-state index contributed by atoms with van der Waals surface area (Å²) in [6.07, 6.45) is 14.8. The Bertz CT molecular complexity index is 415. The third-order valence-corrected chi connectivity index (χ3v) is 3.99. The second kappa shape index (κ2) is 4.04. The fourth-order valence-corrected chi connectivity index (χ4v) is 3.24. The van der Waals surface area contributed by atoms with Gasteiger partial charge < -0.3 is 0 Å². The van der Waals surface area contributed by atoms with Crippen LogP contribution < -0.4 is 0 Å². The predicted octanol–water partition coefficient (Wildman–Crippen LogP) is 4.18. The molecular formula is C15H19N. The van der Waals surface area contributed by atoms with E-state index in [1.165, 1.54) is 49.1 Å². The lowest BCUT2D eigenvalue weighted by Crippen LogP contribution is -2.14. The Morgan fingerprint density at radius 2 is 2.00 bits per heavy atom. The maximum atomic E-state index is 4.72. The molecule has 84 valence electrons. The summed E-state index contributed by atoms with van der Waals surface area (Å²) in [6.45, 7) is 2.18. The first-order valence-electron chi connectivity index (χ1n) is 6.53. The molecule has 0 aromatic carbocycles. The molecule has 0 aromatic heterocycles. The van der Waals surface area contributed by atoms with Crippen LogP contribution in [0.5, 0.6) is 0 Å². The van der Waals surface area contributed by atoms with E-state index in [4.69, 9.17) is 4.99 Å². The number of rotatable bonds is 1. The van der Waals surface area contributed by atoms with Gasteiger partial charge in [-0.1, -0.05) is 37.5 Å². The average Bonchev–Trinajstić information content (AvgIpc) is 2.66. The molecule has 3 aliphatic rings. The summed E-state index contributed by atoms with van der Waals surface area (Å²) in [5.41, 5.74) is 5.50. The normalized spacial score (nSPS) is 25.6. The summed E-state index contributed by atoms with van der Waals surface area (Å²) in [6, 6.07) is 0. The Morgan fingerprint density at radius 1 is 1.19 bits per heavy atom. The van der Waals surface area contributed by atoms with Crippen molar-refractivity contribution in [3.05, 3.63) is 35.1 Å². The molecule has 0 unspecified atom stereocenters. The van der Waals surface area contributed by atoms with Crippen LogP contribution in [0.1, 0.15) is 45.4 Å². The fourth-order valence-electron chi connectivity index (χ4n) is 3.24. The van der Waals surface area contributed by atoms with E-state index in [9.17, 15) is 0 Å². The van der Waals surface area contributed by atoms with Crippen molar-refractivity contribution in [1.29, 1.82) is 0 Å². The maximum Gasteiger partial charge on any atom is 0.0672 e. The van der Waals surface area contributed by atoms with Crippen LogP contribution in [0.3, 0.4) is 0 Å². The molecule has 0 spiro atoms. The molecule has 1 heterocycles. The number of allylic oxidation sites excluding steroid dienone is 4. The monoisotopic (exact) mass is 213 g/mol. The van der Waals surface area contributed by atoms with Crippen molar-refractivity contribution in [1.82, 2.24) is 0 Å². The minimum atomic E-state index is 0.779. The zero-order valence-electron chi connectivity index (χ0n) is 10.00. The lowest BCUT2D eigenvalue weighted by Gasteiger charge is -2.24. The Hall–Kier alpha value is -1.11. The maximum absolute atomic E-state index is 4.72. The highest BCUT2D eigenvalue weighted by Gasteiger charge is 2.27. The minimum absolute atomic E-state index is 0.779. The molecule has 2 aliphatic carbocycles. The second-order valence-corrected chi connectivity index (χ2v) is 5.09. The van der Waals surface area contributed by atoms with Gasteiger partial charge >= 0.3 is 0 Å². The van der Waals surface area contributed by atoms with E-state index in [1.54, 1.807) is 5.57 Å². The van der Waals surface area contributed by atoms with Gasteiger partial charge in [0.2, 0.25) is 0 Å². The van der Waals surface area contributed by atoms with Crippen LogP contribution in [0.25, 0.3) is 0 Å². The van der Waals surface area contributed by atoms with Crippen molar-refractivity contribution in [3.63, 3.8) is 0 Å². The molecule has 1 heteroatoms. The molecule has 1 aliphatic heterocycles. The Balaban J connectivity index is 1.97. The van der Waals surface area contributed by atoms with E-state index < -0.39 is 0 Å². The molecule has 1 nitrogen and oxygen atoms in total. The number of hydrogen-bond donors (Lipinski definition) is 0. The second-order valence-electron chi connectivity index (χ2n) is 5.09. The fraction of sp³-hybridized carbons (Fsp3) is 0.533. The van der Waals surface area contributed by atoms with Gasteiger partial charge in [0, 0.05) is 11.3 Å². The van der Waals surface area contributed by atoms with Crippen molar-refractivity contribution in [2.24, 2.45) is 10.9 Å². The quantitative estimate of drug-likeness (QED) is 0.619. The van der Waals surface area contributed by atoms with Gasteiger partial charge in [0.05, 0.1) is 5.70 Å². The SMILES string of the molecule is CC1=NC2=CCC=CC2=C1C1CCCCC1. The Labute approximate surface area is 97.7 Å². The molecule has 0 saturated heterocycles. The first-order valence-corrected chi connectivity index (χ1v) is 6.53. The molecular weight excluding hydrogens is 194 g/mol. The summed E-state index contributed by atoms with van der Waals surface area (Å²) >= 11 is 0. The number of fused-ring (bicyclic) bond motifs is 1. The van der Waals surface area contributed by atoms with E-state index in [0.717, 1.165) is 12.3 Å². The minimum Gasteiger partial charge on any atom is -0.253 e. The highest BCUT2D eigenvalue weighted by molar-refractivity contribution is 6.04.